The molecule has 0 aliphatic heterocycles. The molecule has 0 aromatic heterocycles. The van der Waals surface area contributed by atoms with Crippen molar-refractivity contribution in [2.24, 2.45) is 5.73 Å². The highest BCUT2D eigenvalue weighted by Crippen LogP contribution is 2.35. The van der Waals surface area contributed by atoms with Gasteiger partial charge in [0.1, 0.15) is 11.5 Å². The van der Waals surface area contributed by atoms with Crippen LogP contribution >= 0.6 is 15.9 Å². The molecule has 1 rings (SSSR count). The van der Waals surface area contributed by atoms with E-state index in [1.54, 1.807) is 14.2 Å². The van der Waals surface area contributed by atoms with E-state index in [2.05, 4.69) is 15.9 Å². The summed E-state index contributed by atoms with van der Waals surface area (Å²) in [4.78, 5) is 0. The van der Waals surface area contributed by atoms with Crippen molar-refractivity contribution in [1.29, 1.82) is 0 Å². The Hall–Kier alpha value is -0.780. The van der Waals surface area contributed by atoms with Crippen LogP contribution in [0.3, 0.4) is 0 Å². The molecule has 0 radical (unpaired) electrons. The van der Waals surface area contributed by atoms with Gasteiger partial charge >= 0.3 is 0 Å². The van der Waals surface area contributed by atoms with E-state index in [0.29, 0.717) is 17.9 Å². The Morgan fingerprint density at radius 1 is 1.31 bits per heavy atom. The molecule has 0 bridgehead atoms. The van der Waals surface area contributed by atoms with Gasteiger partial charge in [0, 0.05) is 18.2 Å². The van der Waals surface area contributed by atoms with Gasteiger partial charge in [0.25, 0.3) is 0 Å². The highest BCUT2D eigenvalue weighted by Gasteiger charge is 2.15. The number of hydrogen-bond donors (Lipinski definition) is 2. The van der Waals surface area contributed by atoms with Crippen LogP contribution in [0, 0.1) is 0 Å². The molecule has 0 aliphatic rings. The summed E-state index contributed by atoms with van der Waals surface area (Å²) >= 11 is 3.38. The Balaban J connectivity index is 3.13. The van der Waals surface area contributed by atoms with Gasteiger partial charge in [-0.1, -0.05) is 0 Å². The lowest BCUT2D eigenvalue weighted by molar-refractivity contribution is 0.275. The molecule has 0 saturated carbocycles. The molecule has 4 nitrogen and oxygen atoms in total. The van der Waals surface area contributed by atoms with Crippen LogP contribution in [0.4, 0.5) is 0 Å². The van der Waals surface area contributed by atoms with Crippen molar-refractivity contribution in [3.05, 3.63) is 22.2 Å². The first kappa shape index (κ1) is 13.3. The fourth-order valence-electron chi connectivity index (χ4n) is 1.47. The second-order valence-electron chi connectivity index (χ2n) is 3.35. The molecule has 1 atom stereocenters. The molecule has 1 aromatic carbocycles. The fourth-order valence-corrected chi connectivity index (χ4v) is 1.95. The quantitative estimate of drug-likeness (QED) is 0.868. The van der Waals surface area contributed by atoms with Crippen LogP contribution < -0.4 is 15.2 Å². The minimum absolute atomic E-state index is 0.0443. The molecule has 0 heterocycles. The Morgan fingerprint density at radius 2 is 1.94 bits per heavy atom. The average Bonchev–Trinajstić information content (AvgIpc) is 2.28. The molecule has 16 heavy (non-hydrogen) atoms. The van der Waals surface area contributed by atoms with E-state index in [-0.39, 0.29) is 12.6 Å². The van der Waals surface area contributed by atoms with Crippen molar-refractivity contribution in [1.82, 2.24) is 0 Å². The van der Waals surface area contributed by atoms with Crippen LogP contribution in [0.1, 0.15) is 18.0 Å². The summed E-state index contributed by atoms with van der Waals surface area (Å²) in [6.45, 7) is 0.0443. The Bertz CT molecular complexity index is 357. The van der Waals surface area contributed by atoms with Gasteiger partial charge in [0.15, 0.2) is 0 Å². The standard InChI is InChI=1S/C11H16BrNO3/c1-15-10-6-8(12)11(16-2)5-7(10)9(13)3-4-14/h5-6,9,14H,3-4,13H2,1-2H3/t9-/m1/s1. The van der Waals surface area contributed by atoms with Gasteiger partial charge in [0.2, 0.25) is 0 Å². The zero-order valence-electron chi connectivity index (χ0n) is 9.37. The summed E-state index contributed by atoms with van der Waals surface area (Å²) in [6, 6.07) is 3.37. The van der Waals surface area contributed by atoms with Crippen molar-refractivity contribution in [2.75, 3.05) is 20.8 Å². The Morgan fingerprint density at radius 3 is 2.44 bits per heavy atom. The Labute approximate surface area is 103 Å². The van der Waals surface area contributed by atoms with Crippen molar-refractivity contribution >= 4 is 15.9 Å². The van der Waals surface area contributed by atoms with Gasteiger partial charge in [-0.25, -0.2) is 0 Å². The van der Waals surface area contributed by atoms with E-state index in [1.165, 1.54) is 0 Å². The highest BCUT2D eigenvalue weighted by atomic mass is 79.9. The van der Waals surface area contributed by atoms with E-state index in [4.69, 9.17) is 20.3 Å². The minimum atomic E-state index is -0.262. The number of aliphatic hydroxyl groups excluding tert-OH is 1. The molecule has 0 spiro atoms. The van der Waals surface area contributed by atoms with Crippen LogP contribution in [0.5, 0.6) is 11.5 Å². The minimum Gasteiger partial charge on any atom is -0.496 e. The van der Waals surface area contributed by atoms with Crippen molar-refractivity contribution in [3.63, 3.8) is 0 Å². The number of aliphatic hydroxyl groups is 1. The molecule has 90 valence electrons. The van der Waals surface area contributed by atoms with Crippen LogP contribution in [0.15, 0.2) is 16.6 Å². The maximum Gasteiger partial charge on any atom is 0.133 e. The van der Waals surface area contributed by atoms with Gasteiger partial charge in [0.05, 0.1) is 18.7 Å². The second-order valence-corrected chi connectivity index (χ2v) is 4.20. The van der Waals surface area contributed by atoms with Crippen molar-refractivity contribution in [2.45, 2.75) is 12.5 Å². The number of rotatable bonds is 5. The molecule has 5 heteroatoms. The lowest BCUT2D eigenvalue weighted by Crippen LogP contribution is -2.13. The molecule has 0 saturated heterocycles. The van der Waals surface area contributed by atoms with Crippen molar-refractivity contribution in [3.8, 4) is 11.5 Å². The van der Waals surface area contributed by atoms with Crippen LogP contribution in [-0.2, 0) is 0 Å². The van der Waals surface area contributed by atoms with Crippen LogP contribution in [-0.4, -0.2) is 25.9 Å². The number of hydrogen-bond acceptors (Lipinski definition) is 4. The van der Waals surface area contributed by atoms with Crippen LogP contribution in [0.2, 0.25) is 0 Å². The van der Waals surface area contributed by atoms with E-state index in [1.807, 2.05) is 12.1 Å². The van der Waals surface area contributed by atoms with E-state index in [9.17, 15) is 0 Å². The number of halogens is 1. The highest BCUT2D eigenvalue weighted by molar-refractivity contribution is 9.10. The zero-order chi connectivity index (χ0) is 12.1. The first-order chi connectivity index (χ1) is 7.63. The number of methoxy groups -OCH3 is 2. The van der Waals surface area contributed by atoms with Gasteiger partial charge in [-0.2, -0.15) is 0 Å². The molecular weight excluding hydrogens is 274 g/mol. The normalized spacial score (nSPS) is 12.3. The topological polar surface area (TPSA) is 64.7 Å². The maximum atomic E-state index is 8.88. The summed E-state index contributed by atoms with van der Waals surface area (Å²) in [5, 5.41) is 8.88. The summed E-state index contributed by atoms with van der Waals surface area (Å²) in [5.41, 5.74) is 6.77. The maximum absolute atomic E-state index is 8.88. The largest absolute Gasteiger partial charge is 0.496 e. The lowest BCUT2D eigenvalue weighted by Gasteiger charge is -2.16. The summed E-state index contributed by atoms with van der Waals surface area (Å²) in [7, 11) is 3.18. The molecular formula is C11H16BrNO3. The predicted octanol–water partition coefficient (Wildman–Crippen LogP) is 1.85. The van der Waals surface area contributed by atoms with Gasteiger partial charge < -0.3 is 20.3 Å². The SMILES string of the molecule is COc1cc([C@H](N)CCO)c(OC)cc1Br. The van der Waals surface area contributed by atoms with E-state index >= 15 is 0 Å². The van der Waals surface area contributed by atoms with E-state index < -0.39 is 0 Å². The number of nitrogens with two attached hydrogens (primary N) is 1. The Kier molecular flexibility index (Phi) is 5.05. The fraction of sp³-hybridized carbons (Fsp3) is 0.455. The molecule has 0 amide bonds. The van der Waals surface area contributed by atoms with Gasteiger partial charge in [-0.3, -0.25) is 0 Å². The smallest absolute Gasteiger partial charge is 0.133 e. The van der Waals surface area contributed by atoms with Gasteiger partial charge in [-0.15, -0.1) is 0 Å². The zero-order valence-corrected chi connectivity index (χ0v) is 11.0. The monoisotopic (exact) mass is 289 g/mol. The number of ether oxygens (including phenoxy) is 2. The summed E-state index contributed by atoms with van der Waals surface area (Å²) in [6.07, 6.45) is 0.487. The molecule has 1 aromatic rings. The first-order valence-corrected chi connectivity index (χ1v) is 5.71. The van der Waals surface area contributed by atoms with Crippen LogP contribution in [0.25, 0.3) is 0 Å². The summed E-state index contributed by atoms with van der Waals surface area (Å²) in [5.74, 6) is 1.39. The predicted molar refractivity (Wildman–Crippen MR) is 65.9 cm³/mol. The van der Waals surface area contributed by atoms with E-state index in [0.717, 1.165) is 10.0 Å². The molecule has 0 aliphatic carbocycles. The van der Waals surface area contributed by atoms with Crippen molar-refractivity contribution < 1.29 is 14.6 Å². The molecule has 0 fully saturated rings. The third kappa shape index (κ3) is 2.87. The molecule has 0 unspecified atom stereocenters. The third-order valence-corrected chi connectivity index (χ3v) is 2.96. The van der Waals surface area contributed by atoms with Gasteiger partial charge in [-0.05, 0) is 34.5 Å². The lowest BCUT2D eigenvalue weighted by atomic mass is 10.0. The number of benzene rings is 1. The first-order valence-electron chi connectivity index (χ1n) is 4.91. The average molecular weight is 290 g/mol. The summed E-state index contributed by atoms with van der Waals surface area (Å²) < 4.78 is 11.3. The third-order valence-electron chi connectivity index (χ3n) is 2.34. The second kappa shape index (κ2) is 6.08. The molecule has 3 N–H and O–H groups in total.